The fourth-order valence-electron chi connectivity index (χ4n) is 4.26. The second-order valence-corrected chi connectivity index (χ2v) is 9.00. The molecule has 0 spiro atoms. The number of carbonyl (C=O) groups excluding carboxylic acids is 1. The Morgan fingerprint density at radius 2 is 1.57 bits per heavy atom. The molecule has 0 aromatic heterocycles. The summed E-state index contributed by atoms with van der Waals surface area (Å²) in [5.74, 6) is -0.629. The highest BCUT2D eigenvalue weighted by molar-refractivity contribution is 6.13. The number of nitroso groups, excluding NO2 is 2. The van der Waals surface area contributed by atoms with Crippen LogP contribution in [0.1, 0.15) is 21.5 Å². The van der Waals surface area contributed by atoms with Crippen LogP contribution in [0.3, 0.4) is 0 Å². The van der Waals surface area contributed by atoms with Crippen LogP contribution in [0, 0.1) is 16.7 Å². The van der Waals surface area contributed by atoms with Crippen molar-refractivity contribution in [1.29, 1.82) is 0 Å². The zero-order valence-electron chi connectivity index (χ0n) is 21.3. The van der Waals surface area contributed by atoms with E-state index in [0.29, 0.717) is 28.3 Å². The van der Waals surface area contributed by atoms with Crippen molar-refractivity contribution in [3.05, 3.63) is 124 Å². The van der Waals surface area contributed by atoms with Crippen molar-refractivity contribution in [2.24, 2.45) is 15.3 Å². The molecule has 0 saturated carbocycles. The van der Waals surface area contributed by atoms with Crippen molar-refractivity contribution in [2.75, 3.05) is 10.6 Å². The van der Waals surface area contributed by atoms with Gasteiger partial charge < -0.3 is 15.7 Å². The molecule has 0 aliphatic carbocycles. The SMILES string of the molecule is Cc1ccc(Nc2ccc(N=O)cc2N=O)cc1N=Cc1c(O)c(C(=O)Nc2ccccc2)cc2ccccc12. The molecule has 0 radical (unpaired) electrons. The van der Waals surface area contributed by atoms with E-state index in [-0.39, 0.29) is 22.7 Å². The Bertz CT molecular complexity index is 1780. The second kappa shape index (κ2) is 11.4. The Balaban J connectivity index is 1.50. The molecule has 0 heterocycles. The van der Waals surface area contributed by atoms with Gasteiger partial charge in [-0.25, -0.2) is 0 Å². The lowest BCUT2D eigenvalue weighted by atomic mass is 9.99. The maximum absolute atomic E-state index is 13.1. The minimum atomic E-state index is -0.443. The number of carbonyl (C=O) groups is 1. The van der Waals surface area contributed by atoms with Gasteiger partial charge in [0.15, 0.2) is 0 Å². The number of phenolic OH excluding ortho intramolecular Hbond substituents is 1. The van der Waals surface area contributed by atoms with E-state index in [1.54, 1.807) is 30.3 Å². The average Bonchev–Trinajstić information content (AvgIpc) is 2.98. The smallest absolute Gasteiger partial charge is 0.259 e. The molecule has 196 valence electrons. The number of para-hydroxylation sites is 1. The van der Waals surface area contributed by atoms with E-state index in [9.17, 15) is 19.7 Å². The Morgan fingerprint density at radius 3 is 2.35 bits per heavy atom. The van der Waals surface area contributed by atoms with Crippen LogP contribution < -0.4 is 10.6 Å². The molecule has 5 rings (SSSR count). The number of anilines is 3. The molecule has 5 aromatic carbocycles. The number of nitrogens with zero attached hydrogens (tertiary/aromatic N) is 3. The van der Waals surface area contributed by atoms with E-state index in [1.807, 2.05) is 61.5 Å². The molecule has 0 bridgehead atoms. The maximum atomic E-state index is 13.1. The highest BCUT2D eigenvalue weighted by Gasteiger charge is 2.18. The molecule has 9 heteroatoms. The molecule has 3 N–H and O–H groups in total. The number of hydrogen-bond donors (Lipinski definition) is 3. The van der Waals surface area contributed by atoms with E-state index in [2.05, 4.69) is 26.0 Å². The summed E-state index contributed by atoms with van der Waals surface area (Å²) in [6, 6.07) is 27.9. The number of fused-ring (bicyclic) bond motifs is 1. The minimum Gasteiger partial charge on any atom is -0.506 e. The van der Waals surface area contributed by atoms with Crippen molar-refractivity contribution in [3.63, 3.8) is 0 Å². The first-order valence-corrected chi connectivity index (χ1v) is 12.3. The number of amides is 1. The van der Waals surface area contributed by atoms with Crippen molar-refractivity contribution in [3.8, 4) is 5.75 Å². The van der Waals surface area contributed by atoms with Crippen LogP contribution in [-0.4, -0.2) is 17.2 Å². The van der Waals surface area contributed by atoms with Crippen molar-refractivity contribution in [2.45, 2.75) is 6.92 Å². The molecule has 0 saturated heterocycles. The fraction of sp³-hybridized carbons (Fsp3) is 0.0323. The normalized spacial score (nSPS) is 10.9. The fourth-order valence-corrected chi connectivity index (χ4v) is 4.26. The summed E-state index contributed by atoms with van der Waals surface area (Å²) < 4.78 is 0. The zero-order valence-corrected chi connectivity index (χ0v) is 21.3. The minimum absolute atomic E-state index is 0.0460. The summed E-state index contributed by atoms with van der Waals surface area (Å²) in [4.78, 5) is 39.8. The van der Waals surface area contributed by atoms with Crippen LogP contribution >= 0.6 is 0 Å². The third-order valence-corrected chi connectivity index (χ3v) is 6.34. The summed E-state index contributed by atoms with van der Waals surface area (Å²) in [7, 11) is 0. The maximum Gasteiger partial charge on any atom is 0.259 e. The monoisotopic (exact) mass is 529 g/mol. The van der Waals surface area contributed by atoms with Gasteiger partial charge in [0.1, 0.15) is 17.1 Å². The van der Waals surface area contributed by atoms with Crippen molar-refractivity contribution < 1.29 is 9.90 Å². The molecule has 0 aliphatic heterocycles. The predicted molar refractivity (Wildman–Crippen MR) is 159 cm³/mol. The van der Waals surface area contributed by atoms with Gasteiger partial charge in [0.2, 0.25) is 0 Å². The van der Waals surface area contributed by atoms with E-state index < -0.39 is 5.91 Å². The summed E-state index contributed by atoms with van der Waals surface area (Å²) in [6.07, 6.45) is 1.53. The van der Waals surface area contributed by atoms with Crippen molar-refractivity contribution >= 4 is 57.0 Å². The van der Waals surface area contributed by atoms with Crippen LogP contribution in [0.25, 0.3) is 10.8 Å². The molecular weight excluding hydrogens is 506 g/mol. The topological polar surface area (TPSA) is 133 Å². The Hall–Kier alpha value is -5.70. The average molecular weight is 530 g/mol. The number of nitrogens with one attached hydrogen (secondary N) is 2. The summed E-state index contributed by atoms with van der Waals surface area (Å²) in [6.45, 7) is 1.89. The first-order chi connectivity index (χ1) is 19.5. The predicted octanol–water partition coefficient (Wildman–Crippen LogP) is 8.40. The molecule has 9 nitrogen and oxygen atoms in total. The van der Waals surface area contributed by atoms with Crippen molar-refractivity contribution in [1.82, 2.24) is 0 Å². The van der Waals surface area contributed by atoms with Gasteiger partial charge in [-0.2, -0.15) is 0 Å². The highest BCUT2D eigenvalue weighted by Crippen LogP contribution is 2.35. The third kappa shape index (κ3) is 5.44. The lowest BCUT2D eigenvalue weighted by Crippen LogP contribution is -2.12. The quantitative estimate of drug-likeness (QED) is 0.137. The largest absolute Gasteiger partial charge is 0.506 e. The van der Waals surface area contributed by atoms with Gasteiger partial charge in [0, 0.05) is 23.2 Å². The number of hydrogen-bond acceptors (Lipinski definition) is 8. The number of phenols is 1. The number of benzene rings is 5. The van der Waals surface area contributed by atoms with Crippen LogP contribution in [0.5, 0.6) is 5.75 Å². The Morgan fingerprint density at radius 1 is 0.800 bits per heavy atom. The van der Waals surface area contributed by atoms with Crippen LogP contribution in [0.2, 0.25) is 0 Å². The summed E-state index contributed by atoms with van der Waals surface area (Å²) >= 11 is 0. The molecule has 0 atom stereocenters. The van der Waals surface area contributed by atoms with E-state index >= 15 is 0 Å². The van der Waals surface area contributed by atoms with Gasteiger partial charge in [0.05, 0.1) is 16.9 Å². The molecular formula is C31H23N5O4. The first kappa shape index (κ1) is 25.9. The Kier molecular flexibility index (Phi) is 7.36. The molecule has 0 fully saturated rings. The van der Waals surface area contributed by atoms with Gasteiger partial charge >= 0.3 is 0 Å². The third-order valence-electron chi connectivity index (χ3n) is 6.34. The van der Waals surface area contributed by atoms with Crippen LogP contribution in [0.4, 0.5) is 34.1 Å². The first-order valence-electron chi connectivity index (χ1n) is 12.3. The molecule has 0 unspecified atom stereocenters. The van der Waals surface area contributed by atoms with E-state index in [4.69, 9.17) is 0 Å². The Labute approximate surface area is 229 Å². The van der Waals surface area contributed by atoms with Gasteiger partial charge in [0.25, 0.3) is 5.91 Å². The summed E-state index contributed by atoms with van der Waals surface area (Å²) in [5, 5.41) is 24.4. The number of aliphatic imine (C=N–C) groups is 1. The lowest BCUT2D eigenvalue weighted by Gasteiger charge is -2.12. The highest BCUT2D eigenvalue weighted by atomic mass is 16.3. The zero-order chi connectivity index (χ0) is 28.1. The van der Waals surface area contributed by atoms with E-state index in [0.717, 1.165) is 16.3 Å². The molecule has 40 heavy (non-hydrogen) atoms. The number of aryl methyl sites for hydroxylation is 1. The van der Waals surface area contributed by atoms with Gasteiger partial charge in [-0.15, -0.1) is 9.81 Å². The molecule has 5 aromatic rings. The van der Waals surface area contributed by atoms with E-state index in [1.165, 1.54) is 18.3 Å². The molecule has 0 aliphatic rings. The van der Waals surface area contributed by atoms with Crippen LogP contribution in [0.15, 0.2) is 112 Å². The van der Waals surface area contributed by atoms with Gasteiger partial charge in [-0.1, -0.05) is 48.5 Å². The molecule has 1 amide bonds. The second-order valence-electron chi connectivity index (χ2n) is 9.00. The van der Waals surface area contributed by atoms with Gasteiger partial charge in [-0.3, -0.25) is 9.79 Å². The van der Waals surface area contributed by atoms with Crippen LogP contribution in [-0.2, 0) is 0 Å². The number of rotatable bonds is 8. The van der Waals surface area contributed by atoms with Gasteiger partial charge in [-0.05, 0) is 82.1 Å². The number of aromatic hydroxyl groups is 1. The summed E-state index contributed by atoms with van der Waals surface area (Å²) in [5.41, 5.74) is 3.77. The standard InChI is InChI=1S/C31H23N5O4/c1-19-11-12-22(33-27-14-13-23(35-39)17-29(27)36-40)16-28(19)32-18-26-24-10-6-5-7-20(24)15-25(30(26)37)31(38)34-21-8-3-2-4-9-21/h2-18,33,37H,1H3,(H,34,38). The lowest BCUT2D eigenvalue weighted by molar-refractivity contribution is 0.102.